The van der Waals surface area contributed by atoms with Crippen LogP contribution in [0.1, 0.15) is 24.2 Å². The van der Waals surface area contributed by atoms with Crippen molar-refractivity contribution in [2.45, 2.75) is 32.7 Å². The van der Waals surface area contributed by atoms with Crippen LogP contribution in [0.4, 0.5) is 10.1 Å². The Balaban J connectivity index is 1.50. The number of hydrogen-bond acceptors (Lipinski definition) is 6. The minimum Gasteiger partial charge on any atom is -0.345 e. The van der Waals surface area contributed by atoms with Crippen LogP contribution in [0.15, 0.2) is 24.3 Å². The second kappa shape index (κ2) is 7.56. The largest absolute Gasteiger partial charge is 0.345 e. The predicted octanol–water partition coefficient (Wildman–Crippen LogP) is 1.71. The summed E-state index contributed by atoms with van der Waals surface area (Å²) in [7, 11) is 0. The molecular formula is C16H17FN6O2S. The van der Waals surface area contributed by atoms with Crippen molar-refractivity contribution < 1.29 is 14.0 Å². The number of aryl methyl sites for hydroxylation is 2. The number of fused-ring (bicyclic) bond motifs is 1. The van der Waals surface area contributed by atoms with Gasteiger partial charge in [-0.2, -0.15) is 9.61 Å². The zero-order valence-corrected chi connectivity index (χ0v) is 15.0. The zero-order valence-electron chi connectivity index (χ0n) is 14.2. The van der Waals surface area contributed by atoms with Crippen molar-refractivity contribution in [2.75, 3.05) is 5.32 Å². The molecule has 0 fully saturated rings. The zero-order chi connectivity index (χ0) is 18.7. The molecule has 26 heavy (non-hydrogen) atoms. The summed E-state index contributed by atoms with van der Waals surface area (Å²) in [6.45, 7) is 3.34. The van der Waals surface area contributed by atoms with Gasteiger partial charge >= 0.3 is 0 Å². The first-order valence-electron chi connectivity index (χ1n) is 7.96. The van der Waals surface area contributed by atoms with E-state index in [0.29, 0.717) is 17.2 Å². The Labute approximate surface area is 152 Å². The fourth-order valence-corrected chi connectivity index (χ4v) is 3.14. The Hall–Kier alpha value is -2.88. The highest BCUT2D eigenvalue weighted by molar-refractivity contribution is 7.16. The number of para-hydroxylation sites is 1. The molecule has 1 atom stereocenters. The van der Waals surface area contributed by atoms with Gasteiger partial charge in [0.15, 0.2) is 5.82 Å². The number of amides is 2. The lowest BCUT2D eigenvalue weighted by Crippen LogP contribution is -2.41. The highest BCUT2D eigenvalue weighted by Crippen LogP contribution is 2.15. The van der Waals surface area contributed by atoms with Crippen LogP contribution in [0.25, 0.3) is 4.96 Å². The van der Waals surface area contributed by atoms with Gasteiger partial charge in [-0.1, -0.05) is 23.5 Å². The van der Waals surface area contributed by atoms with Crippen molar-refractivity contribution in [1.29, 1.82) is 0 Å². The maximum Gasteiger partial charge on any atom is 0.246 e. The average Bonchev–Trinajstić information content (AvgIpc) is 3.17. The van der Waals surface area contributed by atoms with E-state index in [1.54, 1.807) is 24.4 Å². The summed E-state index contributed by atoms with van der Waals surface area (Å²) in [5.41, 5.74) is 0.0775. The van der Waals surface area contributed by atoms with Crippen LogP contribution in [-0.2, 0) is 16.0 Å². The van der Waals surface area contributed by atoms with Crippen LogP contribution < -0.4 is 10.6 Å². The Bertz CT molecular complexity index is 953. The van der Waals surface area contributed by atoms with E-state index in [1.165, 1.54) is 29.5 Å². The lowest BCUT2D eigenvalue weighted by Gasteiger charge is -2.14. The van der Waals surface area contributed by atoms with Crippen molar-refractivity contribution in [1.82, 2.24) is 25.1 Å². The van der Waals surface area contributed by atoms with Gasteiger partial charge in [0.1, 0.15) is 16.9 Å². The molecule has 2 amide bonds. The van der Waals surface area contributed by atoms with E-state index >= 15 is 0 Å². The van der Waals surface area contributed by atoms with Gasteiger partial charge in [-0.3, -0.25) is 9.59 Å². The van der Waals surface area contributed by atoms with Crippen LogP contribution in [0, 0.1) is 12.7 Å². The van der Waals surface area contributed by atoms with Crippen molar-refractivity contribution in [3.05, 3.63) is 40.9 Å². The first-order chi connectivity index (χ1) is 12.4. The molecule has 0 spiro atoms. The molecule has 2 N–H and O–H groups in total. The maximum atomic E-state index is 13.6. The number of anilines is 1. The molecule has 3 rings (SSSR count). The van der Waals surface area contributed by atoms with Crippen LogP contribution >= 0.6 is 11.3 Å². The van der Waals surface area contributed by atoms with Gasteiger partial charge < -0.3 is 10.6 Å². The average molecular weight is 376 g/mol. The quantitative estimate of drug-likeness (QED) is 0.682. The summed E-state index contributed by atoms with van der Waals surface area (Å²) in [4.78, 5) is 24.8. The molecule has 0 saturated heterocycles. The van der Waals surface area contributed by atoms with Gasteiger partial charge in [0, 0.05) is 12.8 Å². The predicted molar refractivity (Wildman–Crippen MR) is 94.4 cm³/mol. The number of nitrogens with zero attached hydrogens (tertiary/aromatic N) is 4. The molecule has 0 aliphatic rings. The molecule has 0 bridgehead atoms. The second-order valence-electron chi connectivity index (χ2n) is 5.70. The molecule has 136 valence electrons. The molecule has 0 saturated carbocycles. The molecule has 0 radical (unpaired) electrons. The highest BCUT2D eigenvalue weighted by Gasteiger charge is 2.17. The number of rotatable bonds is 6. The Morgan fingerprint density at radius 2 is 2.08 bits per heavy atom. The number of halogens is 1. The lowest BCUT2D eigenvalue weighted by atomic mass is 10.2. The monoisotopic (exact) mass is 376 g/mol. The topological polar surface area (TPSA) is 101 Å². The van der Waals surface area contributed by atoms with Gasteiger partial charge in [-0.15, -0.1) is 10.2 Å². The van der Waals surface area contributed by atoms with Gasteiger partial charge in [0.2, 0.25) is 16.8 Å². The lowest BCUT2D eigenvalue weighted by molar-refractivity contribution is -0.126. The minimum atomic E-state index is -0.790. The van der Waals surface area contributed by atoms with Crippen LogP contribution in [-0.4, -0.2) is 37.7 Å². The minimum absolute atomic E-state index is 0.0775. The summed E-state index contributed by atoms with van der Waals surface area (Å²) in [6.07, 6.45) is 0.613. The number of carbonyl (C=O) groups is 2. The Morgan fingerprint density at radius 3 is 2.81 bits per heavy atom. The van der Waals surface area contributed by atoms with Crippen molar-refractivity contribution in [3.8, 4) is 0 Å². The summed E-state index contributed by atoms with van der Waals surface area (Å²) >= 11 is 1.37. The fraction of sp³-hybridized carbons (Fsp3) is 0.312. The van der Waals surface area contributed by atoms with Gasteiger partial charge in [-0.05, 0) is 26.0 Å². The van der Waals surface area contributed by atoms with Crippen LogP contribution in [0.2, 0.25) is 0 Å². The first kappa shape index (κ1) is 17.9. The van der Waals surface area contributed by atoms with E-state index in [-0.39, 0.29) is 18.0 Å². The van der Waals surface area contributed by atoms with Crippen LogP contribution in [0.3, 0.4) is 0 Å². The smallest absolute Gasteiger partial charge is 0.246 e. The summed E-state index contributed by atoms with van der Waals surface area (Å²) in [5.74, 6) is -0.620. The SMILES string of the molecule is Cc1nnc2sc(CCC(=O)NC(C)C(=O)Nc3ccccc3F)nn12. The van der Waals surface area contributed by atoms with Crippen molar-refractivity contribution in [2.24, 2.45) is 0 Å². The van der Waals surface area contributed by atoms with Crippen LogP contribution in [0.5, 0.6) is 0 Å². The molecule has 0 aliphatic heterocycles. The second-order valence-corrected chi connectivity index (χ2v) is 6.74. The van der Waals surface area contributed by atoms with E-state index in [4.69, 9.17) is 0 Å². The first-order valence-corrected chi connectivity index (χ1v) is 8.78. The number of carbonyl (C=O) groups excluding carboxylic acids is 2. The van der Waals surface area contributed by atoms with Gasteiger partial charge in [0.25, 0.3) is 0 Å². The van der Waals surface area contributed by atoms with Crippen molar-refractivity contribution >= 4 is 33.8 Å². The number of nitrogens with one attached hydrogen (secondary N) is 2. The number of aromatic nitrogens is 4. The summed E-state index contributed by atoms with van der Waals surface area (Å²) < 4.78 is 15.2. The third-order valence-electron chi connectivity index (χ3n) is 3.66. The molecule has 3 aromatic rings. The van der Waals surface area contributed by atoms with E-state index < -0.39 is 17.8 Å². The van der Waals surface area contributed by atoms with Crippen molar-refractivity contribution in [3.63, 3.8) is 0 Å². The third-order valence-corrected chi connectivity index (χ3v) is 4.62. The molecule has 0 aliphatic carbocycles. The van der Waals surface area contributed by atoms with E-state index in [9.17, 15) is 14.0 Å². The molecule has 10 heteroatoms. The molecule has 1 aromatic carbocycles. The summed E-state index contributed by atoms with van der Waals surface area (Å²) in [5, 5.41) is 18.0. The Kier molecular flexibility index (Phi) is 5.21. The number of benzene rings is 1. The Morgan fingerprint density at radius 1 is 1.31 bits per heavy atom. The molecule has 2 heterocycles. The fourth-order valence-electron chi connectivity index (χ4n) is 2.26. The van der Waals surface area contributed by atoms with E-state index in [2.05, 4.69) is 25.9 Å². The molecular weight excluding hydrogens is 359 g/mol. The number of hydrogen-bond donors (Lipinski definition) is 2. The third kappa shape index (κ3) is 4.02. The maximum absolute atomic E-state index is 13.6. The molecule has 2 aromatic heterocycles. The normalized spacial score (nSPS) is 12.1. The van der Waals surface area contributed by atoms with Gasteiger partial charge in [-0.25, -0.2) is 4.39 Å². The highest BCUT2D eigenvalue weighted by atomic mass is 32.1. The van der Waals surface area contributed by atoms with E-state index in [0.717, 1.165) is 5.01 Å². The van der Waals surface area contributed by atoms with Gasteiger partial charge in [0.05, 0.1) is 5.69 Å². The van der Waals surface area contributed by atoms with E-state index in [1.807, 2.05) is 0 Å². The summed E-state index contributed by atoms with van der Waals surface area (Å²) in [6, 6.07) is 5.06. The molecule has 1 unspecified atom stereocenters. The standard InChI is InChI=1S/C16H17FN6O2S/c1-9(15(25)19-12-6-4-3-5-11(12)17)18-13(24)7-8-14-22-23-10(2)20-21-16(23)26-14/h3-6,9H,7-8H2,1-2H3,(H,18,24)(H,19,25). The molecule has 8 nitrogen and oxygen atoms in total.